The van der Waals surface area contributed by atoms with Gasteiger partial charge in [0.05, 0.1) is 0 Å². The fourth-order valence-electron chi connectivity index (χ4n) is 1.15. The van der Waals surface area contributed by atoms with Crippen LogP contribution in [0.2, 0.25) is 0 Å². The van der Waals surface area contributed by atoms with Gasteiger partial charge in [0.15, 0.2) is 0 Å². The highest BCUT2D eigenvalue weighted by Crippen LogP contribution is 2.12. The lowest BCUT2D eigenvalue weighted by Gasteiger charge is -2.17. The molecule has 0 rings (SSSR count). The molecule has 0 radical (unpaired) electrons. The third-order valence-electron chi connectivity index (χ3n) is 2.04. The summed E-state index contributed by atoms with van der Waals surface area (Å²) >= 11 is 0. The normalized spacial score (nSPS) is 13.2. The number of amides is 1. The average Bonchev–Trinajstić information content (AvgIpc) is 1.98. The molecule has 0 aromatic carbocycles. The van der Waals surface area contributed by atoms with Crippen LogP contribution in [0.4, 0.5) is 0 Å². The minimum atomic E-state index is 0.183. The van der Waals surface area contributed by atoms with Crippen molar-refractivity contribution in [3.63, 3.8) is 0 Å². The highest BCUT2D eigenvalue weighted by molar-refractivity contribution is 5.77. The Balaban J connectivity index is 3.72. The molecule has 0 bridgehead atoms. The van der Waals surface area contributed by atoms with Crippen molar-refractivity contribution < 1.29 is 4.79 Å². The van der Waals surface area contributed by atoms with Gasteiger partial charge in [-0.3, -0.25) is 4.79 Å². The summed E-state index contributed by atoms with van der Waals surface area (Å²) in [6, 6.07) is 0. The Morgan fingerprint density at radius 3 is 2.00 bits per heavy atom. The van der Waals surface area contributed by atoms with Gasteiger partial charge in [-0.05, 0) is 12.3 Å². The summed E-state index contributed by atoms with van der Waals surface area (Å²) in [5.74, 6) is 1.13. The van der Waals surface area contributed by atoms with Crippen molar-refractivity contribution in [3.05, 3.63) is 0 Å². The molecule has 12 heavy (non-hydrogen) atoms. The molecule has 0 N–H and O–H groups in total. The van der Waals surface area contributed by atoms with Crippen molar-refractivity contribution in [1.29, 1.82) is 0 Å². The maximum atomic E-state index is 11.4. The zero-order valence-electron chi connectivity index (χ0n) is 8.92. The molecule has 1 amide bonds. The summed E-state index contributed by atoms with van der Waals surface area (Å²) in [6.45, 7) is 6.38. The van der Waals surface area contributed by atoms with Crippen molar-refractivity contribution in [2.45, 2.75) is 33.6 Å². The van der Waals surface area contributed by atoms with Gasteiger partial charge < -0.3 is 4.90 Å². The highest BCUT2D eigenvalue weighted by Gasteiger charge is 2.14. The largest absolute Gasteiger partial charge is 0.349 e. The Morgan fingerprint density at radius 2 is 1.67 bits per heavy atom. The van der Waals surface area contributed by atoms with Gasteiger partial charge in [-0.25, -0.2) is 0 Å². The van der Waals surface area contributed by atoms with Crippen molar-refractivity contribution in [1.82, 2.24) is 4.90 Å². The van der Waals surface area contributed by atoms with Gasteiger partial charge in [-0.1, -0.05) is 27.2 Å². The smallest absolute Gasteiger partial charge is 0.224 e. The molecular weight excluding hydrogens is 150 g/mol. The number of carbonyl (C=O) groups is 1. The third kappa shape index (κ3) is 4.37. The van der Waals surface area contributed by atoms with Crippen LogP contribution in [-0.2, 0) is 4.79 Å². The topological polar surface area (TPSA) is 20.3 Å². The quantitative estimate of drug-likeness (QED) is 0.634. The second-order valence-electron chi connectivity index (χ2n) is 4.10. The average molecular weight is 171 g/mol. The minimum absolute atomic E-state index is 0.183. The molecule has 0 spiro atoms. The second-order valence-corrected chi connectivity index (χ2v) is 4.10. The van der Waals surface area contributed by atoms with Crippen LogP contribution in [0.1, 0.15) is 33.6 Å². The van der Waals surface area contributed by atoms with Gasteiger partial charge in [-0.15, -0.1) is 0 Å². The number of nitrogens with zero attached hydrogens (tertiary/aromatic N) is 1. The first-order chi connectivity index (χ1) is 5.45. The first kappa shape index (κ1) is 11.5. The number of carbonyl (C=O) groups excluding carboxylic acids is 1. The van der Waals surface area contributed by atoms with Gasteiger partial charge in [0.1, 0.15) is 0 Å². The summed E-state index contributed by atoms with van der Waals surface area (Å²) in [6.07, 6.45) is 2.15. The predicted octanol–water partition coefficient (Wildman–Crippen LogP) is 2.15. The second kappa shape index (κ2) is 5.18. The monoisotopic (exact) mass is 171 g/mol. The Kier molecular flexibility index (Phi) is 4.95. The van der Waals surface area contributed by atoms with E-state index in [1.807, 2.05) is 21.0 Å². The van der Waals surface area contributed by atoms with E-state index in [1.54, 1.807) is 4.90 Å². The van der Waals surface area contributed by atoms with Gasteiger partial charge in [-0.2, -0.15) is 0 Å². The molecule has 0 aliphatic carbocycles. The number of hydrogen-bond acceptors (Lipinski definition) is 1. The Labute approximate surface area is 75.9 Å². The van der Waals surface area contributed by atoms with Gasteiger partial charge in [0.25, 0.3) is 0 Å². The lowest BCUT2D eigenvalue weighted by Crippen LogP contribution is -2.28. The van der Waals surface area contributed by atoms with E-state index in [1.165, 1.54) is 0 Å². The van der Waals surface area contributed by atoms with E-state index in [-0.39, 0.29) is 11.8 Å². The van der Waals surface area contributed by atoms with Crippen LogP contribution in [0.25, 0.3) is 0 Å². The zero-order chi connectivity index (χ0) is 9.72. The Bertz CT molecular complexity index is 141. The zero-order valence-corrected chi connectivity index (χ0v) is 8.92. The molecule has 0 saturated heterocycles. The Hall–Kier alpha value is -0.530. The van der Waals surface area contributed by atoms with E-state index in [2.05, 4.69) is 13.8 Å². The van der Waals surface area contributed by atoms with Gasteiger partial charge in [0.2, 0.25) is 5.91 Å². The molecule has 1 atom stereocenters. The van der Waals surface area contributed by atoms with Crippen LogP contribution in [0.15, 0.2) is 0 Å². The summed E-state index contributed by atoms with van der Waals surface area (Å²) in [7, 11) is 3.63. The summed E-state index contributed by atoms with van der Waals surface area (Å²) in [5.41, 5.74) is 0. The van der Waals surface area contributed by atoms with Crippen molar-refractivity contribution in [2.24, 2.45) is 11.8 Å². The molecule has 0 saturated carbocycles. The maximum Gasteiger partial charge on any atom is 0.224 e. The van der Waals surface area contributed by atoms with E-state index in [0.29, 0.717) is 5.92 Å². The molecule has 1 unspecified atom stereocenters. The van der Waals surface area contributed by atoms with Gasteiger partial charge in [0, 0.05) is 20.0 Å². The van der Waals surface area contributed by atoms with Crippen LogP contribution in [-0.4, -0.2) is 24.9 Å². The first-order valence-electron chi connectivity index (χ1n) is 4.66. The van der Waals surface area contributed by atoms with Crippen molar-refractivity contribution >= 4 is 5.91 Å². The van der Waals surface area contributed by atoms with Gasteiger partial charge >= 0.3 is 0 Å². The maximum absolute atomic E-state index is 11.4. The summed E-state index contributed by atoms with van der Waals surface area (Å²) < 4.78 is 0. The summed E-state index contributed by atoms with van der Waals surface area (Å²) in [4.78, 5) is 13.1. The van der Waals surface area contributed by atoms with E-state index in [4.69, 9.17) is 0 Å². The molecule has 0 aliphatic heterocycles. The fourth-order valence-corrected chi connectivity index (χ4v) is 1.15. The van der Waals surface area contributed by atoms with Crippen LogP contribution in [0.5, 0.6) is 0 Å². The first-order valence-corrected chi connectivity index (χ1v) is 4.66. The highest BCUT2D eigenvalue weighted by atomic mass is 16.2. The molecule has 0 fully saturated rings. The lowest BCUT2D eigenvalue weighted by molar-refractivity contribution is -0.132. The van der Waals surface area contributed by atoms with Crippen LogP contribution in [0, 0.1) is 11.8 Å². The van der Waals surface area contributed by atoms with E-state index in [9.17, 15) is 4.79 Å². The third-order valence-corrected chi connectivity index (χ3v) is 2.04. The van der Waals surface area contributed by atoms with E-state index in [0.717, 1.165) is 12.8 Å². The molecular formula is C10H21NO. The standard InChI is InChI=1S/C10H21NO/c1-8(2)6-7-9(3)10(12)11(4)5/h8-9H,6-7H2,1-5H3. The molecule has 72 valence electrons. The molecule has 0 heterocycles. The molecule has 2 heteroatoms. The van der Waals surface area contributed by atoms with Crippen molar-refractivity contribution in [2.75, 3.05) is 14.1 Å². The fraction of sp³-hybridized carbons (Fsp3) is 0.900. The summed E-state index contributed by atoms with van der Waals surface area (Å²) in [5, 5.41) is 0. The van der Waals surface area contributed by atoms with E-state index >= 15 is 0 Å². The lowest BCUT2D eigenvalue weighted by atomic mass is 9.98. The molecule has 0 aliphatic rings. The van der Waals surface area contributed by atoms with Crippen LogP contribution in [0.3, 0.4) is 0 Å². The van der Waals surface area contributed by atoms with Crippen molar-refractivity contribution in [3.8, 4) is 0 Å². The predicted molar refractivity (Wildman–Crippen MR) is 51.9 cm³/mol. The minimum Gasteiger partial charge on any atom is -0.349 e. The molecule has 2 nitrogen and oxygen atoms in total. The van der Waals surface area contributed by atoms with E-state index < -0.39 is 0 Å². The number of rotatable bonds is 4. The SMILES string of the molecule is CC(C)CCC(C)C(=O)N(C)C. The van der Waals surface area contributed by atoms with Crippen LogP contribution < -0.4 is 0 Å². The Morgan fingerprint density at radius 1 is 1.17 bits per heavy atom. The molecule has 0 aromatic heterocycles. The molecule has 0 aromatic rings. The number of hydrogen-bond donors (Lipinski definition) is 0. The van der Waals surface area contributed by atoms with Crippen LogP contribution >= 0.6 is 0 Å².